The highest BCUT2D eigenvalue weighted by Crippen LogP contribution is 2.22. The van der Waals surface area contributed by atoms with Crippen LogP contribution in [0, 0.1) is 0 Å². The van der Waals surface area contributed by atoms with Crippen molar-refractivity contribution in [2.45, 2.75) is 38.3 Å². The molecule has 0 radical (unpaired) electrons. The molecule has 0 bridgehead atoms. The Labute approximate surface area is 124 Å². The number of likely N-dealkylation sites (tertiary alicyclic amines) is 1. The quantitative estimate of drug-likeness (QED) is 0.939. The van der Waals surface area contributed by atoms with E-state index in [9.17, 15) is 5.11 Å². The van der Waals surface area contributed by atoms with Crippen LogP contribution in [0.1, 0.15) is 32.1 Å². The normalized spacial score (nSPS) is 23.9. The molecule has 3 rings (SSSR count). The van der Waals surface area contributed by atoms with E-state index in [4.69, 9.17) is 4.52 Å². The number of aliphatic hydroxyl groups is 1. The SMILES string of the molecule is CC1(O)CCCN(Cc2nc(-c3ccccc3)no2)CC1. The van der Waals surface area contributed by atoms with Gasteiger partial charge in [0, 0.05) is 12.1 Å². The molecule has 1 saturated heterocycles. The van der Waals surface area contributed by atoms with Crippen molar-refractivity contribution >= 4 is 0 Å². The number of aromatic nitrogens is 2. The van der Waals surface area contributed by atoms with Gasteiger partial charge in [-0.15, -0.1) is 0 Å². The van der Waals surface area contributed by atoms with Crippen LogP contribution < -0.4 is 0 Å². The average molecular weight is 287 g/mol. The molecular weight excluding hydrogens is 266 g/mol. The van der Waals surface area contributed by atoms with Gasteiger partial charge < -0.3 is 9.63 Å². The molecule has 5 heteroatoms. The van der Waals surface area contributed by atoms with Gasteiger partial charge in [0.15, 0.2) is 0 Å². The lowest BCUT2D eigenvalue weighted by Gasteiger charge is -2.21. The molecule has 0 aliphatic carbocycles. The molecular formula is C16H21N3O2. The van der Waals surface area contributed by atoms with Crippen molar-refractivity contribution in [2.75, 3.05) is 13.1 Å². The van der Waals surface area contributed by atoms with Crippen LogP contribution in [0.5, 0.6) is 0 Å². The molecule has 0 amide bonds. The molecule has 1 aromatic carbocycles. The minimum absolute atomic E-state index is 0.543. The van der Waals surface area contributed by atoms with E-state index in [-0.39, 0.29) is 0 Å². The van der Waals surface area contributed by atoms with Gasteiger partial charge in [0.05, 0.1) is 12.1 Å². The number of hydrogen-bond acceptors (Lipinski definition) is 5. The Morgan fingerprint density at radius 1 is 1.24 bits per heavy atom. The number of hydrogen-bond donors (Lipinski definition) is 1. The molecule has 1 aromatic heterocycles. The summed E-state index contributed by atoms with van der Waals surface area (Å²) in [7, 11) is 0. The second-order valence-electron chi connectivity index (χ2n) is 6.00. The molecule has 1 fully saturated rings. The van der Waals surface area contributed by atoms with Crippen LogP contribution in [-0.2, 0) is 6.54 Å². The summed E-state index contributed by atoms with van der Waals surface area (Å²) in [6.45, 7) is 4.38. The third-order valence-corrected chi connectivity index (χ3v) is 4.02. The van der Waals surface area contributed by atoms with Gasteiger partial charge in [0.25, 0.3) is 0 Å². The Hall–Kier alpha value is -1.72. The maximum Gasteiger partial charge on any atom is 0.241 e. The van der Waals surface area contributed by atoms with Crippen LogP contribution in [-0.4, -0.2) is 38.8 Å². The molecule has 2 aromatic rings. The summed E-state index contributed by atoms with van der Waals surface area (Å²) < 4.78 is 5.35. The number of rotatable bonds is 3. The van der Waals surface area contributed by atoms with E-state index >= 15 is 0 Å². The number of nitrogens with zero attached hydrogens (tertiary/aromatic N) is 3. The molecule has 0 spiro atoms. The van der Waals surface area contributed by atoms with Gasteiger partial charge in [0.1, 0.15) is 0 Å². The van der Waals surface area contributed by atoms with Gasteiger partial charge in [-0.3, -0.25) is 4.90 Å². The highest BCUT2D eigenvalue weighted by molar-refractivity contribution is 5.53. The molecule has 1 unspecified atom stereocenters. The van der Waals surface area contributed by atoms with Crippen LogP contribution in [0.25, 0.3) is 11.4 Å². The highest BCUT2D eigenvalue weighted by Gasteiger charge is 2.25. The first kappa shape index (κ1) is 14.2. The second kappa shape index (κ2) is 5.95. The molecule has 21 heavy (non-hydrogen) atoms. The lowest BCUT2D eigenvalue weighted by Crippen LogP contribution is -2.28. The summed E-state index contributed by atoms with van der Waals surface area (Å²) in [4.78, 5) is 6.73. The van der Waals surface area contributed by atoms with E-state index in [2.05, 4.69) is 15.0 Å². The standard InChI is InChI=1S/C16H21N3O2/c1-16(20)8-5-10-19(11-9-16)12-14-17-15(18-21-14)13-6-3-2-4-7-13/h2-4,6-7,20H,5,8-12H2,1H3. The van der Waals surface area contributed by atoms with Gasteiger partial charge in [-0.25, -0.2) is 0 Å². The van der Waals surface area contributed by atoms with Crippen LogP contribution >= 0.6 is 0 Å². The maximum absolute atomic E-state index is 10.1. The zero-order valence-corrected chi connectivity index (χ0v) is 12.3. The van der Waals surface area contributed by atoms with Crippen molar-refractivity contribution < 1.29 is 9.63 Å². The fraction of sp³-hybridized carbons (Fsp3) is 0.500. The Balaban J connectivity index is 1.65. The van der Waals surface area contributed by atoms with Gasteiger partial charge in [-0.05, 0) is 32.7 Å². The van der Waals surface area contributed by atoms with E-state index in [1.807, 2.05) is 37.3 Å². The average Bonchev–Trinajstić information content (AvgIpc) is 2.87. The van der Waals surface area contributed by atoms with Crippen LogP contribution in [0.2, 0.25) is 0 Å². The predicted octanol–water partition coefficient (Wildman–Crippen LogP) is 2.47. The highest BCUT2D eigenvalue weighted by atomic mass is 16.5. The van der Waals surface area contributed by atoms with E-state index in [1.165, 1.54) is 0 Å². The molecule has 0 saturated carbocycles. The van der Waals surface area contributed by atoms with Crippen LogP contribution in [0.3, 0.4) is 0 Å². The second-order valence-corrected chi connectivity index (χ2v) is 6.00. The molecule has 1 N–H and O–H groups in total. The molecule has 1 aliphatic rings. The van der Waals surface area contributed by atoms with Gasteiger partial charge in [0.2, 0.25) is 11.7 Å². The van der Waals surface area contributed by atoms with E-state index in [0.717, 1.165) is 37.9 Å². The molecule has 5 nitrogen and oxygen atoms in total. The third kappa shape index (κ3) is 3.68. The lowest BCUT2D eigenvalue weighted by molar-refractivity contribution is 0.0440. The van der Waals surface area contributed by atoms with E-state index < -0.39 is 5.60 Å². The Kier molecular flexibility index (Phi) is 4.03. The minimum atomic E-state index is -0.543. The van der Waals surface area contributed by atoms with Crippen molar-refractivity contribution in [1.29, 1.82) is 0 Å². The Morgan fingerprint density at radius 3 is 2.86 bits per heavy atom. The van der Waals surface area contributed by atoms with Crippen LogP contribution in [0.15, 0.2) is 34.9 Å². The van der Waals surface area contributed by atoms with Crippen molar-refractivity contribution in [1.82, 2.24) is 15.0 Å². The first-order valence-corrected chi connectivity index (χ1v) is 7.45. The fourth-order valence-corrected chi connectivity index (χ4v) is 2.69. The molecule has 1 aliphatic heterocycles. The summed E-state index contributed by atoms with van der Waals surface area (Å²) >= 11 is 0. The van der Waals surface area contributed by atoms with E-state index in [1.54, 1.807) is 0 Å². The van der Waals surface area contributed by atoms with Crippen molar-refractivity contribution in [2.24, 2.45) is 0 Å². The minimum Gasteiger partial charge on any atom is -0.390 e. The number of benzene rings is 1. The Morgan fingerprint density at radius 2 is 2.05 bits per heavy atom. The molecule has 2 heterocycles. The van der Waals surface area contributed by atoms with Gasteiger partial charge >= 0.3 is 0 Å². The first-order valence-electron chi connectivity index (χ1n) is 7.45. The Bertz CT molecular complexity index is 580. The largest absolute Gasteiger partial charge is 0.390 e. The fourth-order valence-electron chi connectivity index (χ4n) is 2.69. The predicted molar refractivity (Wildman–Crippen MR) is 79.5 cm³/mol. The summed E-state index contributed by atoms with van der Waals surface area (Å²) in [5.41, 5.74) is 0.421. The molecule has 1 atom stereocenters. The maximum atomic E-state index is 10.1. The monoisotopic (exact) mass is 287 g/mol. The van der Waals surface area contributed by atoms with Gasteiger partial charge in [-0.1, -0.05) is 35.5 Å². The summed E-state index contributed by atoms with van der Waals surface area (Å²) in [6.07, 6.45) is 2.63. The summed E-state index contributed by atoms with van der Waals surface area (Å²) in [6, 6.07) is 9.83. The van der Waals surface area contributed by atoms with Crippen molar-refractivity contribution in [3.63, 3.8) is 0 Å². The zero-order valence-electron chi connectivity index (χ0n) is 12.3. The first-order chi connectivity index (χ1) is 10.1. The third-order valence-electron chi connectivity index (χ3n) is 4.02. The van der Waals surface area contributed by atoms with Crippen LogP contribution in [0.4, 0.5) is 0 Å². The van der Waals surface area contributed by atoms with Crippen molar-refractivity contribution in [3.05, 3.63) is 36.2 Å². The van der Waals surface area contributed by atoms with Crippen molar-refractivity contribution in [3.8, 4) is 11.4 Å². The topological polar surface area (TPSA) is 62.4 Å². The van der Waals surface area contributed by atoms with E-state index in [0.29, 0.717) is 18.3 Å². The zero-order chi connectivity index (χ0) is 14.7. The molecule has 112 valence electrons. The summed E-state index contributed by atoms with van der Waals surface area (Å²) in [5.74, 6) is 1.27. The van der Waals surface area contributed by atoms with Gasteiger partial charge in [-0.2, -0.15) is 4.98 Å². The lowest BCUT2D eigenvalue weighted by atomic mass is 9.98. The smallest absolute Gasteiger partial charge is 0.241 e. The summed E-state index contributed by atoms with van der Waals surface area (Å²) in [5, 5.41) is 14.2.